The molecule has 3 N–H and O–H groups in total. The Balaban J connectivity index is 1.95. The molecule has 0 amide bonds. The molecule has 0 radical (unpaired) electrons. The van der Waals surface area contributed by atoms with Gasteiger partial charge < -0.3 is 25.2 Å². The van der Waals surface area contributed by atoms with Gasteiger partial charge >= 0.3 is 0 Å². The summed E-state index contributed by atoms with van der Waals surface area (Å²) in [6.07, 6.45) is -0.573. The van der Waals surface area contributed by atoms with Crippen molar-refractivity contribution in [2.75, 3.05) is 20.2 Å². The summed E-state index contributed by atoms with van der Waals surface area (Å²) < 4.78 is 10.9. The van der Waals surface area contributed by atoms with E-state index >= 15 is 0 Å². The van der Waals surface area contributed by atoms with Crippen molar-refractivity contribution in [3.8, 4) is 11.5 Å². The molecule has 0 spiro atoms. The lowest BCUT2D eigenvalue weighted by Gasteiger charge is -2.17. The number of aliphatic imine (C=N–C) groups is 1. The van der Waals surface area contributed by atoms with E-state index in [-0.39, 0.29) is 6.10 Å². The van der Waals surface area contributed by atoms with Crippen LogP contribution in [-0.2, 0) is 6.54 Å². The molecular formula is C22H31N3O3. The molecule has 0 aliphatic heterocycles. The van der Waals surface area contributed by atoms with Crippen molar-refractivity contribution in [2.24, 2.45) is 4.99 Å². The number of rotatable bonds is 9. The van der Waals surface area contributed by atoms with Crippen LogP contribution in [-0.4, -0.2) is 37.4 Å². The molecule has 2 aromatic carbocycles. The first kappa shape index (κ1) is 21.6. The Morgan fingerprint density at radius 3 is 2.46 bits per heavy atom. The van der Waals surface area contributed by atoms with Crippen LogP contribution in [0.3, 0.4) is 0 Å². The molecule has 1 unspecified atom stereocenters. The zero-order valence-electron chi connectivity index (χ0n) is 17.1. The van der Waals surface area contributed by atoms with Crippen LogP contribution in [0.2, 0.25) is 0 Å². The maximum absolute atomic E-state index is 10.5. The zero-order chi connectivity index (χ0) is 20.4. The average molecular weight is 386 g/mol. The number of guanidine groups is 1. The Labute approximate surface area is 167 Å². The van der Waals surface area contributed by atoms with Gasteiger partial charge in [-0.2, -0.15) is 0 Å². The number of ether oxygens (including phenoxy) is 2. The number of aliphatic hydroxyl groups is 1. The van der Waals surface area contributed by atoms with E-state index in [0.717, 1.165) is 29.2 Å². The molecule has 0 heterocycles. The van der Waals surface area contributed by atoms with Crippen molar-refractivity contribution >= 4 is 5.96 Å². The van der Waals surface area contributed by atoms with E-state index in [0.29, 0.717) is 19.0 Å². The van der Waals surface area contributed by atoms with E-state index in [1.165, 1.54) is 0 Å². The minimum absolute atomic E-state index is 0.0935. The quantitative estimate of drug-likeness (QED) is 0.456. The van der Waals surface area contributed by atoms with Gasteiger partial charge in [0, 0.05) is 13.1 Å². The summed E-state index contributed by atoms with van der Waals surface area (Å²) in [4.78, 5) is 4.58. The van der Waals surface area contributed by atoms with Crippen LogP contribution >= 0.6 is 0 Å². The third-order valence-corrected chi connectivity index (χ3v) is 4.00. The highest BCUT2D eigenvalue weighted by molar-refractivity contribution is 5.79. The van der Waals surface area contributed by atoms with Crippen molar-refractivity contribution in [3.63, 3.8) is 0 Å². The molecule has 0 aliphatic rings. The molecule has 28 heavy (non-hydrogen) atoms. The molecular weight excluding hydrogens is 354 g/mol. The van der Waals surface area contributed by atoms with Crippen molar-refractivity contribution in [1.29, 1.82) is 0 Å². The SMILES string of the molecule is CCNC(=NCc1ccc(OC)cc1)NCC(O)c1cccc(OC(C)C)c1. The number of nitrogens with zero attached hydrogens (tertiary/aromatic N) is 1. The van der Waals surface area contributed by atoms with E-state index in [2.05, 4.69) is 15.6 Å². The molecule has 0 fully saturated rings. The van der Waals surface area contributed by atoms with Crippen molar-refractivity contribution in [2.45, 2.75) is 39.5 Å². The van der Waals surface area contributed by atoms with Gasteiger partial charge in [0.1, 0.15) is 11.5 Å². The van der Waals surface area contributed by atoms with Crippen LogP contribution in [0.4, 0.5) is 0 Å². The topological polar surface area (TPSA) is 75.1 Å². The Morgan fingerprint density at radius 2 is 1.82 bits per heavy atom. The standard InChI is InChI=1S/C22H31N3O3/c1-5-23-22(24-14-17-9-11-19(27-4)12-10-17)25-15-21(26)18-7-6-8-20(13-18)28-16(2)3/h6-13,16,21,26H,5,14-15H2,1-4H3,(H2,23,24,25). The van der Waals surface area contributed by atoms with Gasteiger partial charge in [0.25, 0.3) is 0 Å². The third kappa shape index (κ3) is 7.12. The molecule has 6 nitrogen and oxygen atoms in total. The monoisotopic (exact) mass is 385 g/mol. The summed E-state index contributed by atoms with van der Waals surface area (Å²) in [5.74, 6) is 2.24. The van der Waals surface area contributed by atoms with Gasteiger partial charge in [-0.3, -0.25) is 0 Å². The number of aliphatic hydroxyl groups excluding tert-OH is 1. The molecule has 0 saturated carbocycles. The van der Waals surface area contributed by atoms with E-state index in [4.69, 9.17) is 9.47 Å². The molecule has 0 saturated heterocycles. The van der Waals surface area contributed by atoms with E-state index < -0.39 is 6.10 Å². The van der Waals surface area contributed by atoms with Crippen LogP contribution in [0.15, 0.2) is 53.5 Å². The summed E-state index contributed by atoms with van der Waals surface area (Å²) in [6.45, 7) is 7.59. The van der Waals surface area contributed by atoms with Crippen LogP contribution < -0.4 is 20.1 Å². The maximum atomic E-state index is 10.5. The molecule has 152 valence electrons. The van der Waals surface area contributed by atoms with Gasteiger partial charge in [0.05, 0.1) is 25.9 Å². The minimum atomic E-state index is -0.666. The van der Waals surface area contributed by atoms with Crippen molar-refractivity contribution < 1.29 is 14.6 Å². The number of nitrogens with one attached hydrogen (secondary N) is 2. The number of methoxy groups -OCH3 is 1. The van der Waals surface area contributed by atoms with Gasteiger partial charge in [-0.05, 0) is 56.2 Å². The van der Waals surface area contributed by atoms with Crippen LogP contribution in [0.5, 0.6) is 11.5 Å². The molecule has 1 atom stereocenters. The number of benzene rings is 2. The molecule has 0 aliphatic carbocycles. The lowest BCUT2D eigenvalue weighted by atomic mass is 10.1. The van der Waals surface area contributed by atoms with E-state index in [1.807, 2.05) is 69.3 Å². The second kappa shape index (κ2) is 11.2. The fourth-order valence-corrected chi connectivity index (χ4v) is 2.62. The first-order valence-electron chi connectivity index (χ1n) is 9.61. The summed E-state index contributed by atoms with van der Waals surface area (Å²) in [5.41, 5.74) is 1.88. The predicted octanol–water partition coefficient (Wildman–Crippen LogP) is 3.27. The highest BCUT2D eigenvalue weighted by Gasteiger charge is 2.10. The highest BCUT2D eigenvalue weighted by Crippen LogP contribution is 2.20. The Kier molecular flexibility index (Phi) is 8.62. The average Bonchev–Trinajstić information content (AvgIpc) is 2.70. The van der Waals surface area contributed by atoms with Crippen LogP contribution in [0, 0.1) is 0 Å². The van der Waals surface area contributed by atoms with Crippen LogP contribution in [0.1, 0.15) is 38.0 Å². The lowest BCUT2D eigenvalue weighted by Crippen LogP contribution is -2.39. The van der Waals surface area contributed by atoms with Gasteiger partial charge in [-0.25, -0.2) is 4.99 Å². The molecule has 0 aromatic heterocycles. The fourth-order valence-electron chi connectivity index (χ4n) is 2.62. The number of hydrogen-bond acceptors (Lipinski definition) is 4. The first-order chi connectivity index (χ1) is 13.5. The Morgan fingerprint density at radius 1 is 1.07 bits per heavy atom. The first-order valence-corrected chi connectivity index (χ1v) is 9.61. The van der Waals surface area contributed by atoms with Crippen molar-refractivity contribution in [3.05, 3.63) is 59.7 Å². The second-order valence-corrected chi connectivity index (χ2v) is 6.68. The number of hydrogen-bond donors (Lipinski definition) is 3. The maximum Gasteiger partial charge on any atom is 0.191 e. The molecule has 2 aromatic rings. The summed E-state index contributed by atoms with van der Waals surface area (Å²) in [7, 11) is 1.65. The summed E-state index contributed by atoms with van der Waals surface area (Å²) in [6, 6.07) is 15.3. The molecule has 0 bridgehead atoms. The van der Waals surface area contributed by atoms with Gasteiger partial charge in [0.2, 0.25) is 0 Å². The summed E-state index contributed by atoms with van der Waals surface area (Å²) >= 11 is 0. The van der Waals surface area contributed by atoms with Gasteiger partial charge in [-0.15, -0.1) is 0 Å². The zero-order valence-corrected chi connectivity index (χ0v) is 17.1. The van der Waals surface area contributed by atoms with Gasteiger partial charge in [0.15, 0.2) is 5.96 Å². The summed E-state index contributed by atoms with van der Waals surface area (Å²) in [5, 5.41) is 16.9. The Hall–Kier alpha value is -2.73. The van der Waals surface area contributed by atoms with E-state index in [1.54, 1.807) is 7.11 Å². The smallest absolute Gasteiger partial charge is 0.191 e. The molecule has 6 heteroatoms. The lowest BCUT2D eigenvalue weighted by molar-refractivity contribution is 0.179. The highest BCUT2D eigenvalue weighted by atomic mass is 16.5. The van der Waals surface area contributed by atoms with Crippen molar-refractivity contribution in [1.82, 2.24) is 10.6 Å². The normalized spacial score (nSPS) is 12.6. The third-order valence-electron chi connectivity index (χ3n) is 4.00. The largest absolute Gasteiger partial charge is 0.497 e. The minimum Gasteiger partial charge on any atom is -0.497 e. The van der Waals surface area contributed by atoms with Gasteiger partial charge in [-0.1, -0.05) is 24.3 Å². The van der Waals surface area contributed by atoms with E-state index in [9.17, 15) is 5.11 Å². The van der Waals surface area contributed by atoms with Crippen LogP contribution in [0.25, 0.3) is 0 Å². The molecule has 2 rings (SSSR count). The second-order valence-electron chi connectivity index (χ2n) is 6.68. The fraction of sp³-hybridized carbons (Fsp3) is 0.409. The Bertz CT molecular complexity index is 745. The predicted molar refractivity (Wildman–Crippen MR) is 113 cm³/mol.